The van der Waals surface area contributed by atoms with E-state index in [0.717, 1.165) is 29.5 Å². The van der Waals surface area contributed by atoms with Crippen LogP contribution in [-0.4, -0.2) is 31.0 Å². The van der Waals surface area contributed by atoms with Gasteiger partial charge in [0.25, 0.3) is 0 Å². The summed E-state index contributed by atoms with van der Waals surface area (Å²) in [7, 11) is -0.0173. The quantitative estimate of drug-likeness (QED) is 0.375. The Balaban J connectivity index is 0.00000288. The van der Waals surface area contributed by atoms with Crippen LogP contribution in [0, 0.1) is 6.92 Å². The topological polar surface area (TPSA) is 26.3 Å². The summed E-state index contributed by atoms with van der Waals surface area (Å²) in [6.45, 7) is 4.83. The molecule has 0 bridgehead atoms. The first-order valence-corrected chi connectivity index (χ1v) is 9.27. The number of hydrogen-bond donors (Lipinski definition) is 0. The number of unbranched alkanes of at least 4 members (excludes halogenated alkanes) is 1. The second-order valence-corrected chi connectivity index (χ2v) is 7.29. The fourth-order valence-electron chi connectivity index (χ4n) is 2.10. The summed E-state index contributed by atoms with van der Waals surface area (Å²) in [5.41, 5.74) is 1.38. The number of carbonyl (C=O) groups excluding carboxylic acids is 1. The molecule has 0 aromatic heterocycles. The molecule has 2 nitrogen and oxygen atoms in total. The van der Waals surface area contributed by atoms with Crippen LogP contribution in [0.5, 0.6) is 5.75 Å². The summed E-state index contributed by atoms with van der Waals surface area (Å²) in [5, 5.41) is 1.77. The average Bonchev–Trinajstić information content (AvgIpc) is 2.50. The zero-order valence-electron chi connectivity index (χ0n) is 14.2. The van der Waals surface area contributed by atoms with E-state index in [1.54, 1.807) is 18.2 Å². The largest absolute Gasteiger partial charge is 0.494 e. The Morgan fingerprint density at radius 1 is 1.17 bits per heavy atom. The van der Waals surface area contributed by atoms with Crippen molar-refractivity contribution in [1.29, 1.82) is 0 Å². The molecule has 0 aliphatic carbocycles. The number of halogens is 2. The van der Waals surface area contributed by atoms with Gasteiger partial charge in [0.1, 0.15) is 5.75 Å². The monoisotopic (exact) mass is 375 g/mol. The Bertz CT molecular complexity index is 687. The smallest absolute Gasteiger partial charge is 0.188 e. The molecule has 0 aliphatic rings. The Morgan fingerprint density at radius 3 is 2.42 bits per heavy atom. The summed E-state index contributed by atoms with van der Waals surface area (Å²) in [6, 6.07) is 10.9. The summed E-state index contributed by atoms with van der Waals surface area (Å²) < 4.78 is 5.69. The van der Waals surface area contributed by atoms with Crippen molar-refractivity contribution in [3.8, 4) is 5.75 Å². The van der Waals surface area contributed by atoms with Crippen LogP contribution in [-0.2, 0) is 0 Å². The van der Waals surface area contributed by atoms with E-state index in [2.05, 4.69) is 6.92 Å². The normalized spacial score (nSPS) is 10.7. The molecule has 24 heavy (non-hydrogen) atoms. The minimum absolute atomic E-state index is 0. The van der Waals surface area contributed by atoms with Gasteiger partial charge >= 0.3 is 0 Å². The Labute approximate surface area is 167 Å². The van der Waals surface area contributed by atoms with Gasteiger partial charge in [-0.15, -0.1) is 0 Å². The number of ether oxygens (including phenoxy) is 1. The third-order valence-electron chi connectivity index (χ3n) is 3.40. The van der Waals surface area contributed by atoms with E-state index < -0.39 is 0 Å². The molecular weight excluding hydrogens is 357 g/mol. The number of rotatable bonds is 7. The van der Waals surface area contributed by atoms with Crippen molar-refractivity contribution in [2.75, 3.05) is 6.61 Å². The van der Waals surface area contributed by atoms with Gasteiger partial charge < -0.3 is 4.74 Å². The molecule has 0 spiro atoms. The molecule has 2 rings (SSSR count). The molecule has 0 saturated carbocycles. The number of benzene rings is 2. The SMILES string of the molecule is CCCCOc1ccc(PC(=O)c2c(Cl)cccc2Cl)c(C)c1.[Li]. The standard InChI is InChI=1S/C18H19Cl2O2P.Li/c1-3-4-10-22-13-8-9-16(12(2)11-13)23-18(21)17-14(19)6-5-7-15(17)20;/h5-9,11,23H,3-4,10H2,1-2H3;. The molecule has 0 fully saturated rings. The van der Waals surface area contributed by atoms with E-state index in [4.69, 9.17) is 27.9 Å². The molecule has 2 aromatic carbocycles. The zero-order chi connectivity index (χ0) is 16.8. The Morgan fingerprint density at radius 2 is 1.83 bits per heavy atom. The maximum atomic E-state index is 12.5. The fourth-order valence-corrected chi connectivity index (χ4v) is 3.90. The molecule has 0 aliphatic heterocycles. The molecule has 2 aromatic rings. The molecule has 0 N–H and O–H groups in total. The molecule has 6 heteroatoms. The van der Waals surface area contributed by atoms with Crippen LogP contribution in [0.15, 0.2) is 36.4 Å². The summed E-state index contributed by atoms with van der Waals surface area (Å²) in [6.07, 6.45) is 2.14. The van der Waals surface area contributed by atoms with Gasteiger partial charge in [-0.25, -0.2) is 0 Å². The molecule has 1 atom stereocenters. The molecular formula is C18H19Cl2LiO2P. The van der Waals surface area contributed by atoms with Gasteiger partial charge in [-0.3, -0.25) is 4.79 Å². The third-order valence-corrected chi connectivity index (χ3v) is 5.34. The fraction of sp³-hybridized carbons (Fsp3) is 0.278. The van der Waals surface area contributed by atoms with Crippen molar-refractivity contribution in [2.45, 2.75) is 26.7 Å². The molecule has 1 unspecified atom stereocenters. The molecule has 0 saturated heterocycles. The van der Waals surface area contributed by atoms with Crippen LogP contribution in [0.3, 0.4) is 0 Å². The van der Waals surface area contributed by atoms with E-state index in [1.165, 1.54) is 0 Å². The summed E-state index contributed by atoms with van der Waals surface area (Å²) in [5.74, 6) is 0.840. The van der Waals surface area contributed by atoms with Crippen molar-refractivity contribution in [1.82, 2.24) is 0 Å². The first-order valence-electron chi connectivity index (χ1n) is 7.51. The van der Waals surface area contributed by atoms with Gasteiger partial charge in [-0.1, -0.05) is 48.7 Å². The first-order chi connectivity index (χ1) is 11.0. The van der Waals surface area contributed by atoms with Gasteiger partial charge in [0.15, 0.2) is 5.52 Å². The Kier molecular flexibility index (Phi) is 9.43. The average molecular weight is 376 g/mol. The van der Waals surface area contributed by atoms with Crippen molar-refractivity contribution in [3.63, 3.8) is 0 Å². The third kappa shape index (κ3) is 5.80. The molecule has 1 radical (unpaired) electrons. The minimum Gasteiger partial charge on any atom is -0.494 e. The van der Waals surface area contributed by atoms with Gasteiger partial charge in [-0.2, -0.15) is 0 Å². The van der Waals surface area contributed by atoms with Crippen molar-refractivity contribution in [2.24, 2.45) is 0 Å². The first kappa shape index (κ1) is 21.6. The van der Waals surface area contributed by atoms with Crippen LogP contribution < -0.4 is 10.0 Å². The maximum Gasteiger partial charge on any atom is 0.188 e. The van der Waals surface area contributed by atoms with Gasteiger partial charge in [-0.05, 0) is 57.1 Å². The van der Waals surface area contributed by atoms with Crippen molar-refractivity contribution >= 4 is 61.5 Å². The molecule has 0 heterocycles. The Hall–Kier alpha value is -0.483. The van der Waals surface area contributed by atoms with Crippen LogP contribution in [0.2, 0.25) is 10.0 Å². The van der Waals surface area contributed by atoms with E-state index >= 15 is 0 Å². The van der Waals surface area contributed by atoms with E-state index in [-0.39, 0.29) is 33.0 Å². The number of hydrogen-bond acceptors (Lipinski definition) is 2. The summed E-state index contributed by atoms with van der Waals surface area (Å²) in [4.78, 5) is 12.5. The number of carbonyl (C=O) groups is 1. The van der Waals surface area contributed by atoms with Crippen molar-refractivity contribution < 1.29 is 9.53 Å². The summed E-state index contributed by atoms with van der Waals surface area (Å²) >= 11 is 12.2. The maximum absolute atomic E-state index is 12.5. The van der Waals surface area contributed by atoms with E-state index in [0.29, 0.717) is 22.2 Å². The van der Waals surface area contributed by atoms with Gasteiger partial charge in [0, 0.05) is 18.9 Å². The predicted octanol–water partition coefficient (Wildman–Crippen LogP) is 5.24. The second-order valence-electron chi connectivity index (χ2n) is 5.23. The molecule has 0 amide bonds. The number of aryl methyl sites for hydroxylation is 1. The predicted molar refractivity (Wildman–Crippen MR) is 106 cm³/mol. The molecule has 123 valence electrons. The van der Waals surface area contributed by atoms with Crippen LogP contribution in [0.4, 0.5) is 0 Å². The van der Waals surface area contributed by atoms with Crippen molar-refractivity contribution in [3.05, 3.63) is 57.6 Å². The van der Waals surface area contributed by atoms with Crippen LogP contribution >= 0.6 is 31.8 Å². The minimum atomic E-state index is -0.0525. The zero-order valence-corrected chi connectivity index (χ0v) is 16.7. The van der Waals surface area contributed by atoms with Crippen LogP contribution in [0.1, 0.15) is 35.7 Å². The van der Waals surface area contributed by atoms with Gasteiger partial charge in [0.05, 0.1) is 22.2 Å². The van der Waals surface area contributed by atoms with E-state index in [9.17, 15) is 4.79 Å². The second kappa shape index (κ2) is 10.5. The van der Waals surface area contributed by atoms with Crippen LogP contribution in [0.25, 0.3) is 0 Å². The van der Waals surface area contributed by atoms with E-state index in [1.807, 2.05) is 25.1 Å². The van der Waals surface area contributed by atoms with Gasteiger partial charge in [0.2, 0.25) is 0 Å².